The zero-order valence-corrected chi connectivity index (χ0v) is 28.4. The lowest BCUT2D eigenvalue weighted by Crippen LogP contribution is -2.12. The Morgan fingerprint density at radius 2 is 1.00 bits per heavy atom. The highest BCUT2D eigenvalue weighted by atomic mass is 31.1. The number of fused-ring (bicyclic) bond motifs is 7. The van der Waals surface area contributed by atoms with Crippen LogP contribution in [0.2, 0.25) is 0 Å². The summed E-state index contributed by atoms with van der Waals surface area (Å²) in [5.41, 5.74) is 5.42. The van der Waals surface area contributed by atoms with Crippen LogP contribution in [0.5, 0.6) is 0 Å². The van der Waals surface area contributed by atoms with Crippen molar-refractivity contribution in [3.8, 4) is 33.9 Å². The van der Waals surface area contributed by atoms with Gasteiger partial charge in [0.25, 0.3) is 0 Å². The van der Waals surface area contributed by atoms with Crippen molar-refractivity contribution in [1.82, 2.24) is 30.0 Å². The van der Waals surface area contributed by atoms with Crippen molar-refractivity contribution in [2.24, 2.45) is 0 Å². The Balaban J connectivity index is 1.33. The van der Waals surface area contributed by atoms with Crippen LogP contribution in [0.4, 0.5) is 8.78 Å². The molecule has 0 amide bonds. The first-order valence-corrected chi connectivity index (χ1v) is 18.1. The van der Waals surface area contributed by atoms with Crippen LogP contribution < -0.4 is 4.67 Å². The lowest BCUT2D eigenvalue weighted by molar-refractivity contribution is 0.626. The maximum atomic E-state index is 13.8. The first-order chi connectivity index (χ1) is 25.6. The SMILES string of the molecule is Fc1ccc(-n2cc(-c3cc4ccccc4c4c3op(N3CCCC3)oc3c(-c5cn(-c6ccc(F)cc6)nn5)cc5ccccc5c34)nn2)cc1. The lowest BCUT2D eigenvalue weighted by atomic mass is 9.93. The molecule has 0 radical (unpaired) electrons. The van der Waals surface area contributed by atoms with Gasteiger partial charge in [0.1, 0.15) is 23.0 Å². The van der Waals surface area contributed by atoms with Crippen LogP contribution in [0.15, 0.2) is 130 Å². The average molecular weight is 708 g/mol. The van der Waals surface area contributed by atoms with E-state index in [2.05, 4.69) is 61.7 Å². The molecule has 1 fully saturated rings. The summed E-state index contributed by atoms with van der Waals surface area (Å²) in [7, 11) is -1.64. The van der Waals surface area contributed by atoms with E-state index in [0.29, 0.717) is 33.9 Å². The molecular formula is C40H28F2N7O2P. The number of benzene rings is 6. The Hall–Kier alpha value is -6.16. The summed E-state index contributed by atoms with van der Waals surface area (Å²) in [5, 5.41) is 23.8. The maximum Gasteiger partial charge on any atom is 0.309 e. The Morgan fingerprint density at radius 3 is 1.46 bits per heavy atom. The summed E-state index contributed by atoms with van der Waals surface area (Å²) in [6.07, 6.45) is 5.76. The molecule has 0 unspecified atom stereocenters. The Labute approximate surface area is 295 Å². The molecule has 12 heteroatoms. The summed E-state index contributed by atoms with van der Waals surface area (Å²) in [6, 6.07) is 32.9. The lowest BCUT2D eigenvalue weighted by Gasteiger charge is -2.10. The Morgan fingerprint density at radius 1 is 0.558 bits per heavy atom. The minimum atomic E-state index is -1.64. The van der Waals surface area contributed by atoms with Gasteiger partial charge < -0.3 is 8.39 Å². The topological polar surface area (TPSA) is 90.9 Å². The van der Waals surface area contributed by atoms with Crippen LogP contribution in [-0.2, 0) is 0 Å². The van der Waals surface area contributed by atoms with Crippen LogP contribution in [-0.4, -0.2) is 43.1 Å². The van der Waals surface area contributed by atoms with E-state index in [4.69, 9.17) is 8.39 Å². The number of rotatable bonds is 5. The number of hydrogen-bond donors (Lipinski definition) is 0. The molecule has 1 saturated heterocycles. The number of halogens is 2. The average Bonchev–Trinajstić information content (AvgIpc) is 3.97. The molecule has 254 valence electrons. The highest BCUT2D eigenvalue weighted by Gasteiger charge is 2.25. The van der Waals surface area contributed by atoms with Gasteiger partial charge in [0, 0.05) is 35.0 Å². The summed E-state index contributed by atoms with van der Waals surface area (Å²) < 4.78 is 47.4. The van der Waals surface area contributed by atoms with E-state index in [0.717, 1.165) is 69.4 Å². The van der Waals surface area contributed by atoms with Gasteiger partial charge >= 0.3 is 8.16 Å². The molecule has 1 aliphatic rings. The van der Waals surface area contributed by atoms with Gasteiger partial charge in [0.05, 0.1) is 23.8 Å². The van der Waals surface area contributed by atoms with Gasteiger partial charge in [0.2, 0.25) is 0 Å². The molecule has 9 nitrogen and oxygen atoms in total. The van der Waals surface area contributed by atoms with Crippen molar-refractivity contribution < 1.29 is 17.2 Å². The molecule has 4 heterocycles. The Bertz CT molecular complexity index is 2660. The van der Waals surface area contributed by atoms with E-state index in [1.165, 1.54) is 24.3 Å². The molecule has 0 bridgehead atoms. The van der Waals surface area contributed by atoms with Crippen LogP contribution in [0.1, 0.15) is 12.8 Å². The van der Waals surface area contributed by atoms with Gasteiger partial charge in [-0.15, -0.1) is 10.2 Å². The fourth-order valence-electron chi connectivity index (χ4n) is 7.09. The summed E-state index contributed by atoms with van der Waals surface area (Å²) in [5.74, 6) is -0.647. The molecule has 0 spiro atoms. The molecule has 10 rings (SSSR count). The third-order valence-electron chi connectivity index (χ3n) is 9.63. The predicted molar refractivity (Wildman–Crippen MR) is 199 cm³/mol. The van der Waals surface area contributed by atoms with E-state index >= 15 is 0 Å². The van der Waals surface area contributed by atoms with Crippen molar-refractivity contribution in [1.29, 1.82) is 0 Å². The second kappa shape index (κ2) is 12.3. The zero-order chi connectivity index (χ0) is 34.8. The van der Waals surface area contributed by atoms with E-state index in [-0.39, 0.29) is 11.6 Å². The van der Waals surface area contributed by atoms with Gasteiger partial charge in [-0.25, -0.2) is 22.8 Å². The minimum Gasteiger partial charge on any atom is -0.407 e. The summed E-state index contributed by atoms with van der Waals surface area (Å²) >= 11 is 0. The van der Waals surface area contributed by atoms with Crippen LogP contribution in [0.3, 0.4) is 0 Å². The highest BCUT2D eigenvalue weighted by Crippen LogP contribution is 2.48. The summed E-state index contributed by atoms with van der Waals surface area (Å²) in [6.45, 7) is 1.67. The van der Waals surface area contributed by atoms with Gasteiger partial charge in [-0.05, 0) is 95.1 Å². The molecule has 52 heavy (non-hydrogen) atoms. The van der Waals surface area contributed by atoms with E-state index in [1.54, 1.807) is 33.6 Å². The third-order valence-corrected chi connectivity index (χ3v) is 11.2. The highest BCUT2D eigenvalue weighted by molar-refractivity contribution is 7.39. The van der Waals surface area contributed by atoms with Crippen LogP contribution >= 0.6 is 8.16 Å². The minimum absolute atomic E-state index is 0.323. The fourth-order valence-corrected chi connectivity index (χ4v) is 8.66. The normalized spacial score (nSPS) is 13.6. The molecular weight excluding hydrogens is 679 g/mol. The standard InChI is InChI=1S/C40H28F2N7O2P/c41-27-11-15-29(16-12-27)48-23-35(43-45-48)33-21-25-7-1-3-9-31(25)37-38-32-10-4-2-8-26(32)22-34(36-24-49(46-44-36)30-17-13-28(42)14-18-30)40(38)51-52(50-39(33)37)47-19-5-6-20-47/h1-4,7-18,21-24H,5-6,19-20H2. The maximum absolute atomic E-state index is 13.8. The van der Waals surface area contributed by atoms with Crippen molar-refractivity contribution in [3.05, 3.63) is 133 Å². The number of nitrogens with zero attached hydrogens (tertiary/aromatic N) is 7. The van der Waals surface area contributed by atoms with Gasteiger partial charge in [-0.2, -0.15) is 0 Å². The van der Waals surface area contributed by atoms with Crippen molar-refractivity contribution in [2.45, 2.75) is 12.8 Å². The molecule has 9 aromatic rings. The third kappa shape index (κ3) is 5.16. The van der Waals surface area contributed by atoms with Crippen molar-refractivity contribution in [2.75, 3.05) is 17.8 Å². The Kier molecular flexibility index (Phi) is 7.23. The molecule has 3 aromatic heterocycles. The second-order valence-corrected chi connectivity index (χ2v) is 14.2. The molecule has 1 aliphatic heterocycles. The first kappa shape index (κ1) is 30.6. The molecule has 0 N–H and O–H groups in total. The summed E-state index contributed by atoms with van der Waals surface area (Å²) in [4.78, 5) is 0. The van der Waals surface area contributed by atoms with Crippen LogP contribution in [0.25, 0.3) is 77.4 Å². The quantitative estimate of drug-likeness (QED) is 0.176. The van der Waals surface area contributed by atoms with E-state index < -0.39 is 8.16 Å². The van der Waals surface area contributed by atoms with Crippen LogP contribution in [0, 0.1) is 11.6 Å². The number of hydrogen-bond acceptors (Lipinski definition) is 7. The number of aromatic nitrogens is 6. The molecule has 0 saturated carbocycles. The fraction of sp³-hybridized carbons (Fsp3) is 0.100. The zero-order valence-electron chi connectivity index (χ0n) is 27.5. The molecule has 0 aliphatic carbocycles. The van der Waals surface area contributed by atoms with E-state index in [1.807, 2.05) is 36.7 Å². The predicted octanol–water partition coefficient (Wildman–Crippen LogP) is 10.1. The smallest absolute Gasteiger partial charge is 0.309 e. The van der Waals surface area contributed by atoms with Gasteiger partial charge in [-0.1, -0.05) is 59.0 Å². The molecule has 6 aromatic carbocycles. The van der Waals surface area contributed by atoms with Gasteiger partial charge in [-0.3, -0.25) is 0 Å². The second-order valence-electron chi connectivity index (χ2n) is 12.8. The van der Waals surface area contributed by atoms with Crippen molar-refractivity contribution >= 4 is 51.6 Å². The van der Waals surface area contributed by atoms with Crippen molar-refractivity contribution in [3.63, 3.8) is 0 Å². The largest absolute Gasteiger partial charge is 0.407 e. The van der Waals surface area contributed by atoms with E-state index in [9.17, 15) is 8.78 Å². The first-order valence-electron chi connectivity index (χ1n) is 17.0. The molecule has 0 atom stereocenters. The van der Waals surface area contributed by atoms with Gasteiger partial charge in [0.15, 0.2) is 11.2 Å². The monoisotopic (exact) mass is 707 g/mol.